The van der Waals surface area contributed by atoms with E-state index in [1.807, 2.05) is 0 Å². The summed E-state index contributed by atoms with van der Waals surface area (Å²) in [5.74, 6) is -2.17. The van der Waals surface area contributed by atoms with E-state index >= 15 is 0 Å². The molecule has 2 heterocycles. The number of hydrogen-bond acceptors (Lipinski definition) is 8. The zero-order valence-corrected chi connectivity index (χ0v) is 21.7. The minimum Gasteiger partial charge on any atom is -0.545 e. The summed E-state index contributed by atoms with van der Waals surface area (Å²) < 4.78 is 16.4. The van der Waals surface area contributed by atoms with Crippen LogP contribution in [0.2, 0.25) is 0 Å². The Hall–Kier alpha value is -2.13. The van der Waals surface area contributed by atoms with Crippen LogP contribution in [-0.4, -0.2) is 34.2 Å². The van der Waals surface area contributed by atoms with Gasteiger partial charge in [0.2, 0.25) is 0 Å². The molecule has 0 aromatic carbocycles. The van der Waals surface area contributed by atoms with E-state index in [0.717, 1.165) is 0 Å². The van der Waals surface area contributed by atoms with E-state index in [1.54, 1.807) is 31.2 Å². The van der Waals surface area contributed by atoms with E-state index in [0.29, 0.717) is 24.2 Å². The summed E-state index contributed by atoms with van der Waals surface area (Å²) in [6.45, 7) is 3.13. The van der Waals surface area contributed by atoms with Crippen LogP contribution in [0.4, 0.5) is 0 Å². The number of ether oxygens (including phenoxy) is 2. The van der Waals surface area contributed by atoms with E-state index in [-0.39, 0.29) is 61.0 Å². The molecule has 2 fully saturated rings. The minimum absolute atomic E-state index is 0. The summed E-state index contributed by atoms with van der Waals surface area (Å²) in [4.78, 5) is 36.8. The quantitative estimate of drug-likeness (QED) is 0.242. The number of aliphatic carboxylic acids is 1. The second kappa shape index (κ2) is 9.85. The maximum Gasteiger partial charge on any atom is 1.00 e. The van der Waals surface area contributed by atoms with Gasteiger partial charge in [-0.1, -0.05) is 18.2 Å². The number of carbonyl (C=O) groups is 3. The Bertz CT molecular complexity index is 1050. The average molecular weight is 478 g/mol. The molecule has 4 atom stereocenters. The zero-order valence-electron chi connectivity index (χ0n) is 19.7. The van der Waals surface area contributed by atoms with Crippen LogP contribution >= 0.6 is 0 Å². The van der Waals surface area contributed by atoms with Gasteiger partial charge >= 0.3 is 41.5 Å². The second-order valence-electron chi connectivity index (χ2n) is 9.26. The van der Waals surface area contributed by atoms with Gasteiger partial charge in [-0.3, -0.25) is 4.79 Å². The first kappa shape index (κ1) is 26.5. The summed E-state index contributed by atoms with van der Waals surface area (Å²) in [6, 6.07) is 3.41. The van der Waals surface area contributed by atoms with Crippen LogP contribution in [0.1, 0.15) is 51.7 Å². The molecule has 8 nitrogen and oxygen atoms in total. The van der Waals surface area contributed by atoms with Crippen LogP contribution in [-0.2, 0) is 30.5 Å². The summed E-state index contributed by atoms with van der Waals surface area (Å²) in [5, 5.41) is 22.8. The van der Waals surface area contributed by atoms with Gasteiger partial charge in [0.15, 0.2) is 0 Å². The van der Waals surface area contributed by atoms with Crippen molar-refractivity contribution in [1.29, 1.82) is 0 Å². The molecule has 1 saturated carbocycles. The SMILES string of the molecule is C/C(=C\C=C\[C@@]1(C)OC(=O)[C@]23CC=C(C(=O)OCc4ccco4)CC[C@]2(O)[C@H]1CC3)C(=O)[O-].[Na+]. The maximum absolute atomic E-state index is 13.3. The molecule has 2 aliphatic carbocycles. The average Bonchev–Trinajstić information content (AvgIpc) is 3.32. The predicted molar refractivity (Wildman–Crippen MR) is 113 cm³/mol. The molecule has 1 aromatic rings. The molecule has 0 amide bonds. The van der Waals surface area contributed by atoms with Crippen molar-refractivity contribution in [3.63, 3.8) is 0 Å². The molecule has 9 heteroatoms. The summed E-state index contributed by atoms with van der Waals surface area (Å²) in [7, 11) is 0. The van der Waals surface area contributed by atoms with Crippen LogP contribution in [0.5, 0.6) is 0 Å². The second-order valence-corrected chi connectivity index (χ2v) is 9.26. The van der Waals surface area contributed by atoms with Crippen molar-refractivity contribution in [2.75, 3.05) is 0 Å². The molecule has 1 N–H and O–H groups in total. The van der Waals surface area contributed by atoms with Gasteiger partial charge in [-0.25, -0.2) is 4.79 Å². The maximum atomic E-state index is 13.3. The van der Waals surface area contributed by atoms with Gasteiger partial charge in [0, 0.05) is 11.5 Å². The van der Waals surface area contributed by atoms with E-state index in [2.05, 4.69) is 0 Å². The van der Waals surface area contributed by atoms with Gasteiger partial charge in [-0.15, -0.1) is 0 Å². The fourth-order valence-corrected chi connectivity index (χ4v) is 5.50. The molecule has 0 unspecified atom stereocenters. The van der Waals surface area contributed by atoms with Crippen LogP contribution in [0.25, 0.3) is 0 Å². The summed E-state index contributed by atoms with van der Waals surface area (Å²) >= 11 is 0. The fraction of sp³-hybridized carbons (Fsp3) is 0.480. The number of allylic oxidation sites excluding steroid dienone is 3. The Balaban J connectivity index is 0.00000324. The number of aliphatic hydroxyl groups is 1. The first-order valence-corrected chi connectivity index (χ1v) is 11.0. The van der Waals surface area contributed by atoms with Gasteiger partial charge in [0.1, 0.15) is 23.4 Å². The smallest absolute Gasteiger partial charge is 0.545 e. The molecule has 2 bridgehead atoms. The van der Waals surface area contributed by atoms with Crippen molar-refractivity contribution >= 4 is 17.9 Å². The number of carboxylic acid groups (broad SMARTS) is 1. The van der Waals surface area contributed by atoms with Gasteiger partial charge < -0.3 is 28.9 Å². The number of cyclic esters (lactones) is 1. The van der Waals surface area contributed by atoms with Crippen LogP contribution in [0.15, 0.2) is 58.3 Å². The van der Waals surface area contributed by atoms with Gasteiger partial charge in [-0.2, -0.15) is 0 Å². The van der Waals surface area contributed by atoms with Crippen LogP contribution in [0, 0.1) is 11.3 Å². The van der Waals surface area contributed by atoms with Crippen LogP contribution in [0.3, 0.4) is 0 Å². The van der Waals surface area contributed by atoms with Crippen molar-refractivity contribution in [2.24, 2.45) is 11.3 Å². The van der Waals surface area contributed by atoms with Crippen molar-refractivity contribution < 1.29 is 68.0 Å². The Morgan fingerprint density at radius 3 is 2.79 bits per heavy atom. The molecule has 4 rings (SSSR count). The first-order valence-electron chi connectivity index (χ1n) is 11.0. The fourth-order valence-electron chi connectivity index (χ4n) is 5.50. The molecule has 34 heavy (non-hydrogen) atoms. The first-order chi connectivity index (χ1) is 15.6. The number of rotatable bonds is 6. The number of carbonyl (C=O) groups excluding carboxylic acids is 3. The number of furan rings is 1. The van der Waals surface area contributed by atoms with E-state index in [9.17, 15) is 24.6 Å². The van der Waals surface area contributed by atoms with E-state index in [4.69, 9.17) is 13.9 Å². The van der Waals surface area contributed by atoms with Crippen LogP contribution < -0.4 is 34.7 Å². The standard InChI is InChI=1S/C25H28O8.Na/c1-16(20(26)27)5-3-10-23(2)19-9-12-24(22(29)33-23)11-7-17(8-13-25(19,24)30)21(28)32-15-18-6-4-14-31-18;/h3-7,10,14,19,30H,8-9,11-13,15H2,1-2H3,(H,26,27);/q;+1/p-1/b10-3+,16-5+;/t19-,23+,24+,25-;/m0./s1. The van der Waals surface area contributed by atoms with E-state index < -0.39 is 40.4 Å². The third-order valence-electron chi connectivity index (χ3n) is 7.42. The molecule has 3 aliphatic rings. The van der Waals surface area contributed by atoms with Crippen molar-refractivity contribution in [2.45, 2.75) is 63.8 Å². The Labute approximate surface area is 220 Å². The topological polar surface area (TPSA) is 126 Å². The van der Waals surface area contributed by atoms with Crippen molar-refractivity contribution in [3.05, 3.63) is 59.6 Å². The van der Waals surface area contributed by atoms with E-state index in [1.165, 1.54) is 25.3 Å². The zero-order chi connectivity index (χ0) is 23.9. The molecule has 0 radical (unpaired) electrons. The number of esters is 2. The third kappa shape index (κ3) is 4.44. The van der Waals surface area contributed by atoms with Gasteiger partial charge in [0.05, 0.1) is 17.8 Å². The number of carboxylic acids is 1. The molecular weight excluding hydrogens is 451 g/mol. The normalized spacial score (nSPS) is 32.8. The molecule has 1 aromatic heterocycles. The monoisotopic (exact) mass is 478 g/mol. The van der Waals surface area contributed by atoms with Crippen molar-refractivity contribution in [3.8, 4) is 0 Å². The summed E-state index contributed by atoms with van der Waals surface area (Å²) in [6.07, 6.45) is 9.37. The predicted octanol–water partition coefficient (Wildman–Crippen LogP) is -0.867. The van der Waals surface area contributed by atoms with Gasteiger partial charge in [-0.05, 0) is 69.7 Å². The minimum atomic E-state index is -1.37. The molecule has 1 saturated heterocycles. The Morgan fingerprint density at radius 2 is 2.12 bits per heavy atom. The largest absolute Gasteiger partial charge is 1.00 e. The van der Waals surface area contributed by atoms with Gasteiger partial charge in [0.25, 0.3) is 0 Å². The molecule has 1 aliphatic heterocycles. The third-order valence-corrected chi connectivity index (χ3v) is 7.42. The van der Waals surface area contributed by atoms with Crippen molar-refractivity contribution in [1.82, 2.24) is 0 Å². The molecular formula is C25H27NaO8. The Kier molecular flexibility index (Phi) is 7.67. The molecule has 176 valence electrons. The Morgan fingerprint density at radius 1 is 1.35 bits per heavy atom. The summed E-state index contributed by atoms with van der Waals surface area (Å²) in [5.41, 5.74) is -3.15. The molecule has 0 spiro atoms. The number of hydrogen-bond donors (Lipinski definition) is 1.